The van der Waals surface area contributed by atoms with Crippen molar-refractivity contribution in [1.29, 1.82) is 0 Å². The van der Waals surface area contributed by atoms with Gasteiger partial charge < -0.3 is 9.84 Å². The van der Waals surface area contributed by atoms with Gasteiger partial charge in [0.2, 0.25) is 0 Å². The van der Waals surface area contributed by atoms with Gasteiger partial charge in [0.15, 0.2) is 0 Å². The Morgan fingerprint density at radius 1 is 1.50 bits per heavy atom. The first-order valence-electron chi connectivity index (χ1n) is 3.66. The molecular weight excluding hydrogens is 160 g/mol. The molecule has 68 valence electrons. The van der Waals surface area contributed by atoms with Crippen molar-refractivity contribution < 1.29 is 19.4 Å². The maximum Gasteiger partial charge on any atom is 0.333 e. The molecule has 0 aliphatic carbocycles. The minimum Gasteiger partial charge on any atom is -0.478 e. The van der Waals surface area contributed by atoms with Crippen LogP contribution in [-0.2, 0) is 14.3 Å². The van der Waals surface area contributed by atoms with Crippen LogP contribution in [0.25, 0.3) is 0 Å². The highest BCUT2D eigenvalue weighted by Gasteiger charge is 2.05. The van der Waals surface area contributed by atoms with E-state index in [1.807, 2.05) is 6.92 Å². The van der Waals surface area contributed by atoms with Crippen molar-refractivity contribution in [3.8, 4) is 0 Å². The Morgan fingerprint density at radius 3 is 2.50 bits per heavy atom. The standard InChI is InChI=1S/C8H12O4/c1-3-4-12-8(11)6(2)5-7(9)10/h5H,3-4H2,1-2H3,(H,9,10)/b6-5+. The lowest BCUT2D eigenvalue weighted by Gasteiger charge is -2.00. The first-order chi connectivity index (χ1) is 5.57. The van der Waals surface area contributed by atoms with Gasteiger partial charge in [-0.15, -0.1) is 0 Å². The third kappa shape index (κ3) is 4.49. The van der Waals surface area contributed by atoms with Crippen molar-refractivity contribution in [3.63, 3.8) is 0 Å². The summed E-state index contributed by atoms with van der Waals surface area (Å²) in [5, 5.41) is 8.27. The number of esters is 1. The van der Waals surface area contributed by atoms with Crippen LogP contribution in [0.15, 0.2) is 11.6 Å². The third-order valence-electron chi connectivity index (χ3n) is 1.10. The van der Waals surface area contributed by atoms with E-state index in [-0.39, 0.29) is 5.57 Å². The number of carboxylic acids is 1. The van der Waals surface area contributed by atoms with Gasteiger partial charge in [-0.05, 0) is 13.3 Å². The number of carboxylic acid groups (broad SMARTS) is 1. The first kappa shape index (κ1) is 10.7. The maximum absolute atomic E-state index is 10.9. The maximum atomic E-state index is 10.9. The van der Waals surface area contributed by atoms with Gasteiger partial charge in [-0.2, -0.15) is 0 Å². The quantitative estimate of drug-likeness (QED) is 0.507. The highest BCUT2D eigenvalue weighted by Crippen LogP contribution is 1.96. The van der Waals surface area contributed by atoms with Gasteiger partial charge >= 0.3 is 11.9 Å². The van der Waals surface area contributed by atoms with Crippen molar-refractivity contribution in [1.82, 2.24) is 0 Å². The summed E-state index contributed by atoms with van der Waals surface area (Å²) in [6.07, 6.45) is 1.56. The zero-order chi connectivity index (χ0) is 9.56. The highest BCUT2D eigenvalue weighted by molar-refractivity contribution is 5.95. The summed E-state index contributed by atoms with van der Waals surface area (Å²) < 4.78 is 4.68. The second-order valence-electron chi connectivity index (χ2n) is 2.30. The second-order valence-corrected chi connectivity index (χ2v) is 2.30. The van der Waals surface area contributed by atoms with Gasteiger partial charge in [0.25, 0.3) is 0 Å². The molecule has 0 fully saturated rings. The topological polar surface area (TPSA) is 63.6 Å². The first-order valence-corrected chi connectivity index (χ1v) is 3.66. The monoisotopic (exact) mass is 172 g/mol. The van der Waals surface area contributed by atoms with E-state index in [0.29, 0.717) is 6.61 Å². The largest absolute Gasteiger partial charge is 0.478 e. The lowest BCUT2D eigenvalue weighted by Crippen LogP contribution is -2.07. The molecule has 1 N–H and O–H groups in total. The Kier molecular flexibility index (Phi) is 4.76. The molecule has 4 heteroatoms. The third-order valence-corrected chi connectivity index (χ3v) is 1.10. The Hall–Kier alpha value is -1.32. The molecule has 0 saturated carbocycles. The molecule has 0 radical (unpaired) electrons. The summed E-state index contributed by atoms with van der Waals surface area (Å²) in [6, 6.07) is 0. The number of rotatable bonds is 4. The summed E-state index contributed by atoms with van der Waals surface area (Å²) in [7, 11) is 0. The van der Waals surface area contributed by atoms with Gasteiger partial charge in [-0.3, -0.25) is 0 Å². The van der Waals surface area contributed by atoms with Gasteiger partial charge in [0.05, 0.1) is 6.61 Å². The van der Waals surface area contributed by atoms with E-state index < -0.39 is 11.9 Å². The average molecular weight is 172 g/mol. The van der Waals surface area contributed by atoms with Crippen LogP contribution in [0.1, 0.15) is 20.3 Å². The van der Waals surface area contributed by atoms with E-state index in [1.54, 1.807) is 0 Å². The van der Waals surface area contributed by atoms with Crippen molar-refractivity contribution in [2.45, 2.75) is 20.3 Å². The lowest BCUT2D eigenvalue weighted by molar-refractivity contribution is -0.140. The fraction of sp³-hybridized carbons (Fsp3) is 0.500. The Morgan fingerprint density at radius 2 is 2.08 bits per heavy atom. The van der Waals surface area contributed by atoms with Crippen LogP contribution >= 0.6 is 0 Å². The summed E-state index contributed by atoms with van der Waals surface area (Å²) in [5.74, 6) is -1.71. The van der Waals surface area contributed by atoms with Gasteiger partial charge in [-0.1, -0.05) is 6.92 Å². The van der Waals surface area contributed by atoms with Crippen LogP contribution < -0.4 is 0 Å². The Bertz CT molecular complexity index is 205. The molecule has 0 aromatic heterocycles. The van der Waals surface area contributed by atoms with Gasteiger partial charge in [-0.25, -0.2) is 9.59 Å². The molecular formula is C8H12O4. The molecule has 0 amide bonds. The molecule has 4 nitrogen and oxygen atoms in total. The van der Waals surface area contributed by atoms with E-state index in [1.165, 1.54) is 6.92 Å². The molecule has 0 spiro atoms. The van der Waals surface area contributed by atoms with E-state index in [4.69, 9.17) is 5.11 Å². The average Bonchev–Trinajstić information content (AvgIpc) is 1.98. The van der Waals surface area contributed by atoms with Crippen molar-refractivity contribution >= 4 is 11.9 Å². The van der Waals surface area contributed by atoms with Crippen LogP contribution in [0, 0.1) is 0 Å². The number of ether oxygens (including phenoxy) is 1. The number of aliphatic carboxylic acids is 1. The van der Waals surface area contributed by atoms with Gasteiger partial charge in [0, 0.05) is 11.6 Å². The van der Waals surface area contributed by atoms with Crippen molar-refractivity contribution in [2.75, 3.05) is 6.61 Å². The smallest absolute Gasteiger partial charge is 0.333 e. The molecule has 0 heterocycles. The number of carbonyl (C=O) groups excluding carboxylic acids is 1. The minimum absolute atomic E-state index is 0.107. The fourth-order valence-electron chi connectivity index (χ4n) is 0.553. The molecule has 0 aliphatic rings. The molecule has 0 aromatic carbocycles. The number of hydrogen-bond acceptors (Lipinski definition) is 3. The van der Waals surface area contributed by atoms with E-state index >= 15 is 0 Å². The number of carbonyl (C=O) groups is 2. The van der Waals surface area contributed by atoms with Crippen LogP contribution in [0.5, 0.6) is 0 Å². The minimum atomic E-state index is -1.14. The Labute approximate surface area is 70.8 Å². The SMILES string of the molecule is CCCOC(=O)/C(C)=C/C(=O)O. The highest BCUT2D eigenvalue weighted by atomic mass is 16.5. The molecule has 0 atom stereocenters. The summed E-state index contributed by atoms with van der Waals surface area (Å²) in [6.45, 7) is 3.60. The van der Waals surface area contributed by atoms with Crippen molar-refractivity contribution in [2.24, 2.45) is 0 Å². The zero-order valence-electron chi connectivity index (χ0n) is 7.16. The van der Waals surface area contributed by atoms with Gasteiger partial charge in [0.1, 0.15) is 0 Å². The molecule has 0 saturated heterocycles. The molecule has 0 bridgehead atoms. The molecule has 0 rings (SSSR count). The van der Waals surface area contributed by atoms with E-state index in [9.17, 15) is 9.59 Å². The fourth-order valence-corrected chi connectivity index (χ4v) is 0.553. The van der Waals surface area contributed by atoms with E-state index in [2.05, 4.69) is 4.74 Å². The van der Waals surface area contributed by atoms with Crippen LogP contribution in [-0.4, -0.2) is 23.7 Å². The predicted molar refractivity (Wildman–Crippen MR) is 42.6 cm³/mol. The lowest BCUT2D eigenvalue weighted by atomic mass is 10.3. The second kappa shape index (κ2) is 5.35. The molecule has 0 aliphatic heterocycles. The molecule has 0 aromatic rings. The van der Waals surface area contributed by atoms with Crippen molar-refractivity contribution in [3.05, 3.63) is 11.6 Å². The number of hydrogen-bond donors (Lipinski definition) is 1. The van der Waals surface area contributed by atoms with Crippen LogP contribution in [0.3, 0.4) is 0 Å². The predicted octanol–water partition coefficient (Wildman–Crippen LogP) is 0.970. The van der Waals surface area contributed by atoms with Crippen LogP contribution in [0.2, 0.25) is 0 Å². The molecule has 0 unspecified atom stereocenters. The summed E-state index contributed by atoms with van der Waals surface area (Å²) in [5.41, 5.74) is 0.107. The van der Waals surface area contributed by atoms with Crippen LogP contribution in [0.4, 0.5) is 0 Å². The Balaban J connectivity index is 4.01. The van der Waals surface area contributed by atoms with E-state index in [0.717, 1.165) is 12.5 Å². The zero-order valence-corrected chi connectivity index (χ0v) is 7.16. The normalized spacial score (nSPS) is 11.0. The summed E-state index contributed by atoms with van der Waals surface area (Å²) >= 11 is 0. The summed E-state index contributed by atoms with van der Waals surface area (Å²) in [4.78, 5) is 21.0. The molecule has 12 heavy (non-hydrogen) atoms.